The van der Waals surface area contributed by atoms with Crippen LogP contribution in [0.4, 0.5) is 0 Å². The van der Waals surface area contributed by atoms with Crippen LogP contribution in [0.2, 0.25) is 5.02 Å². The lowest BCUT2D eigenvalue weighted by atomic mass is 10.2. The topological polar surface area (TPSA) is 82.0 Å². The third kappa shape index (κ3) is 3.68. The van der Waals surface area contributed by atoms with Crippen molar-refractivity contribution < 1.29 is 8.42 Å². The molecular weight excluding hydrogens is 274 g/mol. The molecule has 0 heterocycles. The molecule has 0 aromatic heterocycles. The van der Waals surface area contributed by atoms with Gasteiger partial charge in [-0.1, -0.05) is 24.6 Å². The van der Waals surface area contributed by atoms with Crippen LogP contribution < -0.4 is 10.0 Å². The minimum atomic E-state index is -3.70. The van der Waals surface area contributed by atoms with Gasteiger partial charge in [0.1, 0.15) is 11.0 Å². The van der Waals surface area contributed by atoms with Gasteiger partial charge in [-0.3, -0.25) is 0 Å². The van der Waals surface area contributed by atoms with E-state index >= 15 is 0 Å². The Morgan fingerprint density at radius 1 is 1.39 bits per heavy atom. The highest BCUT2D eigenvalue weighted by molar-refractivity contribution is 7.89. The smallest absolute Gasteiger partial charge is 0.241 e. The SMILES string of the molecule is CCNCCNS(=O)(=O)c1cccc(Cl)c1C#N. The van der Waals surface area contributed by atoms with Crippen molar-refractivity contribution in [2.24, 2.45) is 0 Å². The van der Waals surface area contributed by atoms with E-state index in [-0.39, 0.29) is 22.0 Å². The monoisotopic (exact) mass is 287 g/mol. The van der Waals surface area contributed by atoms with Crippen LogP contribution >= 0.6 is 11.6 Å². The van der Waals surface area contributed by atoms with Crippen LogP contribution in [-0.4, -0.2) is 28.1 Å². The summed E-state index contributed by atoms with van der Waals surface area (Å²) in [4.78, 5) is -0.0889. The summed E-state index contributed by atoms with van der Waals surface area (Å²) < 4.78 is 26.4. The minimum Gasteiger partial charge on any atom is -0.316 e. The Morgan fingerprint density at radius 3 is 2.72 bits per heavy atom. The Labute approximate surface area is 112 Å². The lowest BCUT2D eigenvalue weighted by Crippen LogP contribution is -2.32. The van der Waals surface area contributed by atoms with E-state index in [1.807, 2.05) is 6.92 Å². The van der Waals surface area contributed by atoms with Crippen molar-refractivity contribution in [3.05, 3.63) is 28.8 Å². The quantitative estimate of drug-likeness (QED) is 0.768. The van der Waals surface area contributed by atoms with E-state index in [4.69, 9.17) is 16.9 Å². The standard InChI is InChI=1S/C11H14ClN3O2S/c1-2-14-6-7-15-18(16,17)11-5-3-4-10(12)9(11)8-13/h3-5,14-15H,2,6-7H2,1H3. The summed E-state index contributed by atoms with van der Waals surface area (Å²) in [5.41, 5.74) is -0.0323. The van der Waals surface area contributed by atoms with Gasteiger partial charge in [0, 0.05) is 13.1 Å². The van der Waals surface area contributed by atoms with Gasteiger partial charge < -0.3 is 5.32 Å². The molecule has 0 radical (unpaired) electrons. The van der Waals surface area contributed by atoms with Gasteiger partial charge in [-0.2, -0.15) is 5.26 Å². The third-order valence-corrected chi connectivity index (χ3v) is 4.04. The highest BCUT2D eigenvalue weighted by Gasteiger charge is 2.19. The molecule has 0 bridgehead atoms. The van der Waals surface area contributed by atoms with Crippen molar-refractivity contribution in [3.8, 4) is 6.07 Å². The summed E-state index contributed by atoms with van der Waals surface area (Å²) in [5.74, 6) is 0. The molecule has 1 aromatic rings. The van der Waals surface area contributed by atoms with Crippen molar-refractivity contribution in [1.82, 2.24) is 10.0 Å². The first-order valence-electron chi connectivity index (χ1n) is 5.42. The summed E-state index contributed by atoms with van der Waals surface area (Å²) in [7, 11) is -3.70. The summed E-state index contributed by atoms with van der Waals surface area (Å²) in [6, 6.07) is 6.15. The molecule has 98 valence electrons. The Bertz CT molecular complexity index is 552. The molecule has 0 saturated carbocycles. The van der Waals surface area contributed by atoms with Crippen LogP contribution in [0.1, 0.15) is 12.5 Å². The second kappa shape index (κ2) is 6.71. The second-order valence-corrected chi connectivity index (χ2v) is 5.62. The van der Waals surface area contributed by atoms with E-state index in [9.17, 15) is 8.42 Å². The van der Waals surface area contributed by atoms with E-state index in [0.717, 1.165) is 6.54 Å². The summed E-state index contributed by atoms with van der Waals surface area (Å²) in [6.07, 6.45) is 0. The maximum atomic E-state index is 12.0. The Morgan fingerprint density at radius 2 is 2.11 bits per heavy atom. The fraction of sp³-hybridized carbons (Fsp3) is 0.364. The molecule has 2 N–H and O–H groups in total. The highest BCUT2D eigenvalue weighted by Crippen LogP contribution is 2.22. The summed E-state index contributed by atoms with van der Waals surface area (Å²) in [6.45, 7) is 3.48. The number of benzene rings is 1. The van der Waals surface area contributed by atoms with Gasteiger partial charge in [0.15, 0.2) is 0 Å². The van der Waals surface area contributed by atoms with Gasteiger partial charge in [0.25, 0.3) is 0 Å². The lowest BCUT2D eigenvalue weighted by molar-refractivity contribution is 0.577. The molecule has 0 amide bonds. The largest absolute Gasteiger partial charge is 0.316 e. The molecule has 1 rings (SSSR count). The van der Waals surface area contributed by atoms with Crippen molar-refractivity contribution in [3.63, 3.8) is 0 Å². The van der Waals surface area contributed by atoms with Gasteiger partial charge in [0.05, 0.1) is 10.6 Å². The highest BCUT2D eigenvalue weighted by atomic mass is 35.5. The molecule has 0 fully saturated rings. The van der Waals surface area contributed by atoms with Crippen molar-refractivity contribution >= 4 is 21.6 Å². The number of likely N-dealkylation sites (N-methyl/N-ethyl adjacent to an activating group) is 1. The van der Waals surface area contributed by atoms with Crippen LogP contribution in [0.3, 0.4) is 0 Å². The molecule has 0 aliphatic carbocycles. The van der Waals surface area contributed by atoms with Gasteiger partial charge in [0.2, 0.25) is 10.0 Å². The molecule has 0 aliphatic rings. The molecule has 0 saturated heterocycles. The molecular formula is C11H14ClN3O2S. The zero-order chi connectivity index (χ0) is 13.6. The predicted molar refractivity (Wildman–Crippen MR) is 69.9 cm³/mol. The number of nitriles is 1. The van der Waals surface area contributed by atoms with E-state index in [0.29, 0.717) is 6.54 Å². The number of nitrogens with zero attached hydrogens (tertiary/aromatic N) is 1. The first kappa shape index (κ1) is 14.9. The molecule has 1 aromatic carbocycles. The maximum absolute atomic E-state index is 12.0. The molecule has 0 atom stereocenters. The van der Waals surface area contributed by atoms with Crippen LogP contribution in [0.15, 0.2) is 23.1 Å². The zero-order valence-corrected chi connectivity index (χ0v) is 11.5. The first-order valence-corrected chi connectivity index (χ1v) is 7.28. The van der Waals surface area contributed by atoms with Gasteiger partial charge in [-0.05, 0) is 18.7 Å². The van der Waals surface area contributed by atoms with Crippen LogP contribution in [0.25, 0.3) is 0 Å². The third-order valence-electron chi connectivity index (χ3n) is 2.22. The fourth-order valence-electron chi connectivity index (χ4n) is 1.37. The van der Waals surface area contributed by atoms with Gasteiger partial charge in [-0.25, -0.2) is 13.1 Å². The molecule has 5 nitrogen and oxygen atoms in total. The lowest BCUT2D eigenvalue weighted by Gasteiger charge is -2.09. The van der Waals surface area contributed by atoms with E-state index < -0.39 is 10.0 Å². The Hall–Kier alpha value is -1.13. The van der Waals surface area contributed by atoms with Gasteiger partial charge in [-0.15, -0.1) is 0 Å². The van der Waals surface area contributed by atoms with Crippen LogP contribution in [0, 0.1) is 11.3 Å². The van der Waals surface area contributed by atoms with Crippen molar-refractivity contribution in [2.45, 2.75) is 11.8 Å². The number of rotatable bonds is 6. The van der Waals surface area contributed by atoms with Crippen molar-refractivity contribution in [2.75, 3.05) is 19.6 Å². The number of sulfonamides is 1. The van der Waals surface area contributed by atoms with E-state index in [2.05, 4.69) is 10.0 Å². The number of hydrogen-bond donors (Lipinski definition) is 2. The molecule has 0 unspecified atom stereocenters. The maximum Gasteiger partial charge on any atom is 0.241 e. The first-order chi connectivity index (χ1) is 8.53. The average molecular weight is 288 g/mol. The molecule has 0 spiro atoms. The molecule has 0 aliphatic heterocycles. The minimum absolute atomic E-state index is 0.0323. The average Bonchev–Trinajstić information content (AvgIpc) is 2.34. The van der Waals surface area contributed by atoms with E-state index in [1.54, 1.807) is 6.07 Å². The predicted octanol–water partition coefficient (Wildman–Crippen LogP) is 1.10. The van der Waals surface area contributed by atoms with Crippen molar-refractivity contribution in [1.29, 1.82) is 5.26 Å². The number of hydrogen-bond acceptors (Lipinski definition) is 4. The molecule has 18 heavy (non-hydrogen) atoms. The summed E-state index contributed by atoms with van der Waals surface area (Å²) in [5, 5.41) is 12.1. The number of nitrogens with one attached hydrogen (secondary N) is 2. The number of halogens is 1. The Balaban J connectivity index is 2.93. The normalized spacial score (nSPS) is 11.2. The van der Waals surface area contributed by atoms with Crippen LogP contribution in [0.5, 0.6) is 0 Å². The fourth-order valence-corrected chi connectivity index (χ4v) is 2.85. The molecule has 7 heteroatoms. The summed E-state index contributed by atoms with van der Waals surface area (Å²) >= 11 is 5.79. The van der Waals surface area contributed by atoms with Gasteiger partial charge >= 0.3 is 0 Å². The zero-order valence-electron chi connectivity index (χ0n) is 9.90. The van der Waals surface area contributed by atoms with E-state index in [1.165, 1.54) is 18.2 Å². The second-order valence-electron chi connectivity index (χ2n) is 3.48. The van der Waals surface area contributed by atoms with Crippen LogP contribution in [-0.2, 0) is 10.0 Å². The Kier molecular flexibility index (Phi) is 5.56.